The molecule has 12 heavy (non-hydrogen) atoms. The predicted octanol–water partition coefficient (Wildman–Crippen LogP) is -1.42. The zero-order valence-electron chi connectivity index (χ0n) is 6.32. The normalized spacial score (nSPS) is 14.5. The molecule has 0 bridgehead atoms. The van der Waals surface area contributed by atoms with Gasteiger partial charge in [0.2, 0.25) is 0 Å². The Hall–Kier alpha value is 0.840. The Morgan fingerprint density at radius 3 is 2.42 bits per heavy atom. The average Bonchev–Trinajstić information content (AvgIpc) is 1.86. The molecule has 0 spiro atoms. The van der Waals surface area contributed by atoms with Gasteiger partial charge in [-0.1, -0.05) is 17.7 Å². The molecule has 1 atom stereocenters. The number of hydrogen-bond donors (Lipinski definition) is 0. The summed E-state index contributed by atoms with van der Waals surface area (Å²) in [5.41, 5.74) is 0. The summed E-state index contributed by atoms with van der Waals surface area (Å²) >= 11 is 9.76. The molecule has 0 fully saturated rings. The van der Waals surface area contributed by atoms with Gasteiger partial charge in [0.15, 0.2) is 0 Å². The number of hydrogen-bond acceptors (Lipinski definition) is 3. The van der Waals surface area contributed by atoms with E-state index in [1.165, 1.54) is 12.1 Å². The summed E-state index contributed by atoms with van der Waals surface area (Å²) in [6, 6.07) is 5.87. The molecule has 1 rings (SSSR count). The van der Waals surface area contributed by atoms with Crippen LogP contribution in [0.15, 0.2) is 29.2 Å². The maximum absolute atomic E-state index is 10.7. The molecule has 1 aromatic carbocycles. The van der Waals surface area contributed by atoms with Gasteiger partial charge in [-0.15, -0.1) is 0 Å². The van der Waals surface area contributed by atoms with Crippen LogP contribution in [0.25, 0.3) is 0 Å². The van der Waals surface area contributed by atoms with E-state index in [2.05, 4.69) is 11.2 Å². The second-order valence-corrected chi connectivity index (χ2v) is 5.04. The van der Waals surface area contributed by atoms with Gasteiger partial charge in [0.1, 0.15) is 0 Å². The second-order valence-electron chi connectivity index (χ2n) is 1.91. The maximum atomic E-state index is 10.7. The third-order valence-electron chi connectivity index (χ3n) is 1.08. The van der Waals surface area contributed by atoms with Crippen molar-refractivity contribution in [2.75, 3.05) is 0 Å². The van der Waals surface area contributed by atoms with Crippen molar-refractivity contribution >= 4 is 31.6 Å². The van der Waals surface area contributed by atoms with Gasteiger partial charge in [-0.25, -0.2) is 0 Å². The van der Waals surface area contributed by atoms with Crippen LogP contribution in [0.5, 0.6) is 0 Å². The van der Waals surface area contributed by atoms with Crippen LogP contribution in [0.1, 0.15) is 0 Å². The van der Waals surface area contributed by atoms with Gasteiger partial charge in [0.05, 0.1) is 0 Å². The standard InChI is InChI=1S/C6H5ClO2S2.Na/c7-5-2-1-3-6(4-5)11(8,9)10;/h1-4H,(H,8,9,10);/q;+1/p-1. The van der Waals surface area contributed by atoms with Crippen LogP contribution in [-0.2, 0) is 20.0 Å². The predicted molar refractivity (Wildman–Crippen MR) is 46.0 cm³/mol. The molecule has 0 N–H and O–H groups in total. The molecule has 1 aromatic rings. The van der Waals surface area contributed by atoms with Crippen molar-refractivity contribution in [1.82, 2.24) is 0 Å². The van der Waals surface area contributed by atoms with Crippen LogP contribution in [0.2, 0.25) is 5.02 Å². The van der Waals surface area contributed by atoms with Crippen LogP contribution >= 0.6 is 11.6 Å². The molecule has 0 saturated heterocycles. The van der Waals surface area contributed by atoms with Crippen molar-refractivity contribution in [2.24, 2.45) is 0 Å². The van der Waals surface area contributed by atoms with Crippen LogP contribution in [0.4, 0.5) is 0 Å². The minimum absolute atomic E-state index is 0. The van der Waals surface area contributed by atoms with Gasteiger partial charge < -0.3 is 4.55 Å². The maximum Gasteiger partial charge on any atom is 1.00 e. The van der Waals surface area contributed by atoms with Gasteiger partial charge in [-0.3, -0.25) is 4.21 Å². The van der Waals surface area contributed by atoms with Crippen molar-refractivity contribution in [3.8, 4) is 0 Å². The summed E-state index contributed by atoms with van der Waals surface area (Å²) in [7, 11) is -3.53. The summed E-state index contributed by atoms with van der Waals surface area (Å²) in [6.45, 7) is 0. The first-order chi connectivity index (χ1) is 5.00. The van der Waals surface area contributed by atoms with E-state index in [4.69, 9.17) is 11.6 Å². The topological polar surface area (TPSA) is 40.1 Å². The Labute approximate surface area is 103 Å². The largest absolute Gasteiger partial charge is 1.00 e. The van der Waals surface area contributed by atoms with Gasteiger partial charge in [0.25, 0.3) is 0 Å². The van der Waals surface area contributed by atoms with E-state index in [0.717, 1.165) is 0 Å². The molecule has 0 heterocycles. The molecule has 0 aliphatic rings. The molecule has 0 amide bonds. The van der Waals surface area contributed by atoms with Crippen molar-refractivity contribution < 1.29 is 38.3 Å². The molecule has 2 nitrogen and oxygen atoms in total. The summed E-state index contributed by atoms with van der Waals surface area (Å²) < 4.78 is 21.5. The first-order valence-corrected chi connectivity index (χ1v) is 5.50. The molecule has 6 heteroatoms. The number of benzene rings is 1. The summed E-state index contributed by atoms with van der Waals surface area (Å²) in [6.07, 6.45) is 0. The zero-order chi connectivity index (χ0) is 8.48. The minimum Gasteiger partial charge on any atom is -0.766 e. The Morgan fingerprint density at radius 1 is 1.50 bits per heavy atom. The molecule has 0 aromatic heterocycles. The van der Waals surface area contributed by atoms with Crippen LogP contribution in [0.3, 0.4) is 0 Å². The molecule has 60 valence electrons. The first-order valence-electron chi connectivity index (χ1n) is 2.71. The molecule has 0 aliphatic carbocycles. The fraction of sp³-hybridized carbons (Fsp3) is 0. The molecule has 0 saturated carbocycles. The van der Waals surface area contributed by atoms with Crippen LogP contribution in [-0.4, -0.2) is 8.76 Å². The Bertz CT molecular complexity index is 364. The monoisotopic (exact) mass is 230 g/mol. The van der Waals surface area contributed by atoms with E-state index >= 15 is 0 Å². The van der Waals surface area contributed by atoms with Gasteiger partial charge >= 0.3 is 29.6 Å². The summed E-state index contributed by atoms with van der Waals surface area (Å²) in [4.78, 5) is 0.0694. The smallest absolute Gasteiger partial charge is 0.766 e. The minimum atomic E-state index is -3.53. The average molecular weight is 231 g/mol. The zero-order valence-corrected chi connectivity index (χ0v) is 10.7. The van der Waals surface area contributed by atoms with E-state index in [-0.39, 0.29) is 34.5 Å². The van der Waals surface area contributed by atoms with Crippen molar-refractivity contribution in [1.29, 1.82) is 0 Å². The number of halogens is 1. The summed E-state index contributed by atoms with van der Waals surface area (Å²) in [5, 5.41) is 0.371. The van der Waals surface area contributed by atoms with Crippen molar-refractivity contribution in [2.45, 2.75) is 4.90 Å². The summed E-state index contributed by atoms with van der Waals surface area (Å²) in [5.74, 6) is 0. The third kappa shape index (κ3) is 3.70. The van der Waals surface area contributed by atoms with E-state index in [1.54, 1.807) is 12.1 Å². The van der Waals surface area contributed by atoms with E-state index in [1.807, 2.05) is 0 Å². The third-order valence-corrected chi connectivity index (χ3v) is 2.73. The van der Waals surface area contributed by atoms with Crippen LogP contribution < -0.4 is 29.6 Å². The van der Waals surface area contributed by atoms with Crippen LogP contribution in [0, 0.1) is 0 Å². The first kappa shape index (κ1) is 12.8. The molecular weight excluding hydrogens is 227 g/mol. The van der Waals surface area contributed by atoms with Gasteiger partial charge in [0, 0.05) is 9.92 Å². The van der Waals surface area contributed by atoms with E-state index in [9.17, 15) is 8.76 Å². The van der Waals surface area contributed by atoms with Crippen molar-refractivity contribution in [3.63, 3.8) is 0 Å². The Kier molecular flexibility index (Phi) is 5.25. The van der Waals surface area contributed by atoms with E-state index in [0.29, 0.717) is 5.02 Å². The fourth-order valence-corrected chi connectivity index (χ4v) is 1.71. The molecular formula is C6H4ClNaO2S2. The molecule has 0 radical (unpaired) electrons. The Balaban J connectivity index is 0.00000121. The molecule has 1 unspecified atom stereocenters. The second kappa shape index (κ2) is 4.91. The quantitative estimate of drug-likeness (QED) is 0.556. The SMILES string of the molecule is O=S([O-])(=S)c1cccc(Cl)c1.[Na+]. The van der Waals surface area contributed by atoms with Gasteiger partial charge in [-0.2, -0.15) is 0 Å². The van der Waals surface area contributed by atoms with E-state index < -0.39 is 8.77 Å². The Morgan fingerprint density at radius 2 is 2.08 bits per heavy atom. The number of rotatable bonds is 1. The van der Waals surface area contributed by atoms with Gasteiger partial charge in [-0.05, 0) is 38.2 Å². The van der Waals surface area contributed by atoms with Crippen molar-refractivity contribution in [3.05, 3.63) is 29.3 Å². The molecule has 0 aliphatic heterocycles. The fourth-order valence-electron chi connectivity index (χ4n) is 0.623.